The molecule has 2 aromatic heterocycles. The summed E-state index contributed by atoms with van der Waals surface area (Å²) in [7, 11) is 0. The highest BCUT2D eigenvalue weighted by Crippen LogP contribution is 2.37. The number of nitrogens with zero attached hydrogens (tertiary/aromatic N) is 4. The molecule has 1 aromatic carbocycles. The van der Waals surface area contributed by atoms with Crippen molar-refractivity contribution in [3.8, 4) is 11.5 Å². The number of thiophene rings is 1. The second-order valence-corrected chi connectivity index (χ2v) is 7.82. The maximum Gasteiger partial charge on any atom is 0.234 e. The Labute approximate surface area is 168 Å². The summed E-state index contributed by atoms with van der Waals surface area (Å²) in [5, 5.41) is 16.9. The molecule has 4 rings (SSSR count). The average molecular weight is 417 g/mol. The molecule has 11 heteroatoms. The Morgan fingerprint density at radius 1 is 1.32 bits per heavy atom. The van der Waals surface area contributed by atoms with Gasteiger partial charge in [-0.3, -0.25) is 9.59 Å². The summed E-state index contributed by atoms with van der Waals surface area (Å²) in [6.45, 7) is 2.07. The van der Waals surface area contributed by atoms with Gasteiger partial charge in [0.25, 0.3) is 0 Å². The summed E-state index contributed by atoms with van der Waals surface area (Å²) in [4.78, 5) is 25.4. The summed E-state index contributed by atoms with van der Waals surface area (Å²) in [6, 6.07) is 7.14. The Bertz CT molecular complexity index is 1020. The quantitative estimate of drug-likeness (QED) is 0.461. The van der Waals surface area contributed by atoms with Crippen molar-refractivity contribution in [1.82, 2.24) is 20.2 Å². The normalized spacial score (nSPS) is 12.2. The molecule has 28 heavy (non-hydrogen) atoms. The first kappa shape index (κ1) is 18.4. The number of amides is 1. The highest BCUT2D eigenvalue weighted by molar-refractivity contribution is 7.99. The number of ether oxygens (including phenoxy) is 2. The molecule has 0 unspecified atom stereocenters. The van der Waals surface area contributed by atoms with Gasteiger partial charge in [0.05, 0.1) is 18.0 Å². The maximum absolute atomic E-state index is 12.4. The molecule has 0 saturated carbocycles. The highest BCUT2D eigenvalue weighted by Gasteiger charge is 2.20. The van der Waals surface area contributed by atoms with Gasteiger partial charge in [-0.1, -0.05) is 17.8 Å². The number of hydrogen-bond acceptors (Lipinski definition) is 9. The first-order valence-electron chi connectivity index (χ1n) is 8.26. The third-order valence-electron chi connectivity index (χ3n) is 3.88. The van der Waals surface area contributed by atoms with Crippen LogP contribution < -0.4 is 14.8 Å². The van der Waals surface area contributed by atoms with Crippen LogP contribution in [0.1, 0.15) is 22.2 Å². The Kier molecular flexibility index (Phi) is 5.26. The molecule has 3 aromatic rings. The lowest BCUT2D eigenvalue weighted by atomic mass is 10.1. The third-order valence-corrected chi connectivity index (χ3v) is 5.70. The largest absolute Gasteiger partial charge is 0.454 e. The molecule has 144 valence electrons. The van der Waals surface area contributed by atoms with E-state index in [1.54, 1.807) is 28.2 Å². The van der Waals surface area contributed by atoms with E-state index in [-0.39, 0.29) is 24.2 Å². The average Bonchev–Trinajstić information content (AvgIpc) is 3.41. The predicted molar refractivity (Wildman–Crippen MR) is 103 cm³/mol. The molecule has 3 heterocycles. The van der Waals surface area contributed by atoms with Crippen molar-refractivity contribution in [3.63, 3.8) is 0 Å². The minimum atomic E-state index is -0.281. The zero-order valence-electron chi connectivity index (χ0n) is 14.7. The number of aromatic nitrogens is 4. The highest BCUT2D eigenvalue weighted by atomic mass is 32.2. The minimum absolute atomic E-state index is 0.0901. The van der Waals surface area contributed by atoms with Gasteiger partial charge in [-0.05, 0) is 34.9 Å². The molecule has 1 aliphatic rings. The van der Waals surface area contributed by atoms with Gasteiger partial charge in [-0.2, -0.15) is 0 Å². The van der Waals surface area contributed by atoms with E-state index in [9.17, 15) is 9.59 Å². The summed E-state index contributed by atoms with van der Waals surface area (Å²) in [5.41, 5.74) is 0.755. The summed E-state index contributed by atoms with van der Waals surface area (Å²) < 4.78 is 12.3. The summed E-state index contributed by atoms with van der Waals surface area (Å²) in [6.07, 6.45) is 0. The van der Waals surface area contributed by atoms with E-state index in [0.29, 0.717) is 34.5 Å². The van der Waals surface area contributed by atoms with Crippen LogP contribution in [0, 0.1) is 0 Å². The first-order valence-corrected chi connectivity index (χ1v) is 10.1. The van der Waals surface area contributed by atoms with Crippen molar-refractivity contribution in [2.24, 2.45) is 0 Å². The lowest BCUT2D eigenvalue weighted by Gasteiger charge is -2.10. The smallest absolute Gasteiger partial charge is 0.234 e. The number of anilines is 1. The number of Topliss-reactive ketones (excluding diaryl/α,β-unsaturated/α-hetero) is 1. The number of fused-ring (bicyclic) bond motifs is 1. The lowest BCUT2D eigenvalue weighted by molar-refractivity contribution is -0.113. The van der Waals surface area contributed by atoms with Gasteiger partial charge in [-0.25, -0.2) is 4.68 Å². The molecule has 1 N–H and O–H groups in total. The van der Waals surface area contributed by atoms with Crippen LogP contribution in [0.15, 0.2) is 34.8 Å². The van der Waals surface area contributed by atoms with Gasteiger partial charge in [0.1, 0.15) is 0 Å². The summed E-state index contributed by atoms with van der Waals surface area (Å²) in [5.74, 6) is 0.618. The molecule has 9 nitrogen and oxygen atoms in total. The fourth-order valence-electron chi connectivity index (χ4n) is 2.60. The van der Waals surface area contributed by atoms with E-state index in [1.807, 2.05) is 17.5 Å². The fourth-order valence-corrected chi connectivity index (χ4v) is 3.96. The molecule has 1 aliphatic heterocycles. The standard InChI is InChI=1S/C17H15N5O4S2/c1-10(23)12-5-14-15(26-9-25-14)6-13(12)18-16(24)8-28-17-19-20-21-22(17)7-11-3-2-4-27-11/h2-6H,7-9H2,1H3,(H,18,24). The van der Waals surface area contributed by atoms with Crippen molar-refractivity contribution in [3.05, 3.63) is 40.1 Å². The SMILES string of the molecule is CC(=O)c1cc2c(cc1NC(=O)CSc1nnnn1Cc1cccs1)OCO2. The Morgan fingerprint density at radius 3 is 2.89 bits per heavy atom. The van der Waals surface area contributed by atoms with Gasteiger partial charge in [-0.15, -0.1) is 16.4 Å². The van der Waals surface area contributed by atoms with E-state index in [4.69, 9.17) is 9.47 Å². The number of hydrogen-bond donors (Lipinski definition) is 1. The van der Waals surface area contributed by atoms with Gasteiger partial charge in [0.2, 0.25) is 17.9 Å². The van der Waals surface area contributed by atoms with Crippen molar-refractivity contribution in [1.29, 1.82) is 0 Å². The monoisotopic (exact) mass is 417 g/mol. The lowest BCUT2D eigenvalue weighted by Crippen LogP contribution is -2.17. The second kappa shape index (κ2) is 7.98. The number of carbonyl (C=O) groups is 2. The van der Waals surface area contributed by atoms with Gasteiger partial charge >= 0.3 is 0 Å². The zero-order valence-corrected chi connectivity index (χ0v) is 16.4. The third kappa shape index (κ3) is 3.99. The second-order valence-electron chi connectivity index (χ2n) is 5.84. The van der Waals surface area contributed by atoms with Crippen molar-refractivity contribution < 1.29 is 19.1 Å². The van der Waals surface area contributed by atoms with Crippen LogP contribution in [0.25, 0.3) is 0 Å². The molecule has 0 atom stereocenters. The van der Waals surface area contributed by atoms with Crippen LogP contribution in [-0.4, -0.2) is 44.4 Å². The number of ketones is 1. The van der Waals surface area contributed by atoms with Gasteiger partial charge < -0.3 is 14.8 Å². The van der Waals surface area contributed by atoms with Crippen LogP contribution in [0.4, 0.5) is 5.69 Å². The van der Waals surface area contributed by atoms with Crippen LogP contribution in [0.5, 0.6) is 11.5 Å². The van der Waals surface area contributed by atoms with Crippen LogP contribution in [-0.2, 0) is 11.3 Å². The number of tetrazole rings is 1. The molecule has 0 spiro atoms. The van der Waals surface area contributed by atoms with Crippen molar-refractivity contribution >= 4 is 40.5 Å². The molecule has 1 amide bonds. The van der Waals surface area contributed by atoms with E-state index in [0.717, 1.165) is 4.88 Å². The predicted octanol–water partition coefficient (Wildman–Crippen LogP) is 2.45. The number of rotatable bonds is 7. The maximum atomic E-state index is 12.4. The Balaban J connectivity index is 1.42. The molecule has 0 radical (unpaired) electrons. The zero-order chi connectivity index (χ0) is 19.5. The van der Waals surface area contributed by atoms with Crippen molar-refractivity contribution in [2.75, 3.05) is 17.9 Å². The van der Waals surface area contributed by atoms with Crippen LogP contribution >= 0.6 is 23.1 Å². The summed E-state index contributed by atoms with van der Waals surface area (Å²) >= 11 is 2.83. The van der Waals surface area contributed by atoms with Crippen LogP contribution in [0.2, 0.25) is 0 Å². The molecular weight excluding hydrogens is 402 g/mol. The Morgan fingerprint density at radius 2 is 2.14 bits per heavy atom. The van der Waals surface area contributed by atoms with E-state index < -0.39 is 0 Å². The minimum Gasteiger partial charge on any atom is -0.454 e. The van der Waals surface area contributed by atoms with Gasteiger partial charge in [0, 0.05) is 16.5 Å². The van der Waals surface area contributed by atoms with Crippen LogP contribution in [0.3, 0.4) is 0 Å². The Hall–Kier alpha value is -2.92. The molecule has 0 fully saturated rings. The topological polar surface area (TPSA) is 108 Å². The molecule has 0 saturated heterocycles. The van der Waals surface area contributed by atoms with Gasteiger partial charge in [0.15, 0.2) is 17.3 Å². The number of thioether (sulfide) groups is 1. The molecular formula is C17H15N5O4S2. The van der Waals surface area contributed by atoms with E-state index in [2.05, 4.69) is 20.8 Å². The van der Waals surface area contributed by atoms with E-state index >= 15 is 0 Å². The number of carbonyl (C=O) groups excluding carboxylic acids is 2. The number of nitrogens with one attached hydrogen (secondary N) is 1. The van der Waals surface area contributed by atoms with E-state index in [1.165, 1.54) is 18.7 Å². The fraction of sp³-hybridized carbons (Fsp3) is 0.235. The molecule has 0 aliphatic carbocycles. The number of benzene rings is 1. The molecule has 0 bridgehead atoms. The first-order chi connectivity index (χ1) is 13.6. The van der Waals surface area contributed by atoms with Crippen molar-refractivity contribution in [2.45, 2.75) is 18.6 Å².